The van der Waals surface area contributed by atoms with E-state index in [1.165, 1.54) is 5.56 Å². The van der Waals surface area contributed by atoms with Crippen LogP contribution >= 0.6 is 27.5 Å². The van der Waals surface area contributed by atoms with Gasteiger partial charge in [-0.1, -0.05) is 23.7 Å². The van der Waals surface area contributed by atoms with Crippen LogP contribution in [-0.4, -0.2) is 4.98 Å². The summed E-state index contributed by atoms with van der Waals surface area (Å²) in [6.07, 6.45) is 2.52. The first-order valence-corrected chi connectivity index (χ1v) is 6.86. The van der Waals surface area contributed by atoms with E-state index in [1.807, 2.05) is 37.3 Å². The fraction of sp³-hybridized carbons (Fsp3) is 0.214. The van der Waals surface area contributed by atoms with Gasteiger partial charge in [-0.25, -0.2) is 0 Å². The lowest BCUT2D eigenvalue weighted by Crippen LogP contribution is -2.14. The van der Waals surface area contributed by atoms with Crippen molar-refractivity contribution in [2.45, 2.75) is 19.4 Å². The van der Waals surface area contributed by atoms with Gasteiger partial charge in [-0.2, -0.15) is 0 Å². The Morgan fingerprint density at radius 2 is 2.17 bits per heavy atom. The Kier molecular flexibility index (Phi) is 4.38. The molecule has 0 spiro atoms. The predicted molar refractivity (Wildman–Crippen MR) is 78.8 cm³/mol. The fourth-order valence-corrected chi connectivity index (χ4v) is 2.32. The number of aromatic nitrogens is 1. The van der Waals surface area contributed by atoms with Crippen LogP contribution in [0.3, 0.4) is 0 Å². The van der Waals surface area contributed by atoms with Gasteiger partial charge in [0.25, 0.3) is 0 Å². The second kappa shape index (κ2) is 5.83. The summed E-state index contributed by atoms with van der Waals surface area (Å²) in [7, 11) is 0. The Hall–Kier alpha value is -0.900. The van der Waals surface area contributed by atoms with Crippen molar-refractivity contribution in [3.8, 4) is 0 Å². The van der Waals surface area contributed by atoms with Crippen LogP contribution in [-0.2, 0) is 6.42 Å². The molecule has 0 aliphatic heterocycles. The van der Waals surface area contributed by atoms with E-state index in [-0.39, 0.29) is 6.04 Å². The van der Waals surface area contributed by atoms with Gasteiger partial charge in [0.1, 0.15) is 0 Å². The van der Waals surface area contributed by atoms with Crippen molar-refractivity contribution in [2.75, 3.05) is 0 Å². The van der Waals surface area contributed by atoms with Crippen molar-refractivity contribution < 1.29 is 0 Å². The second-order valence-corrected chi connectivity index (χ2v) is 5.51. The number of nitrogens with zero attached hydrogens (tertiary/aromatic N) is 1. The highest BCUT2D eigenvalue weighted by Gasteiger charge is 2.11. The van der Waals surface area contributed by atoms with E-state index in [1.54, 1.807) is 6.20 Å². The smallest absolute Gasteiger partial charge is 0.0548 e. The summed E-state index contributed by atoms with van der Waals surface area (Å²) in [6, 6.07) is 9.68. The molecule has 2 N–H and O–H groups in total. The Bertz CT molecular complexity index is 557. The van der Waals surface area contributed by atoms with Crippen molar-refractivity contribution in [3.05, 3.63) is 62.8 Å². The molecule has 0 amide bonds. The van der Waals surface area contributed by atoms with Crippen LogP contribution in [0, 0.1) is 6.92 Å². The Morgan fingerprint density at radius 1 is 1.39 bits per heavy atom. The van der Waals surface area contributed by atoms with Gasteiger partial charge in [0, 0.05) is 28.8 Å². The monoisotopic (exact) mass is 324 g/mol. The number of hydrogen-bond donors (Lipinski definition) is 1. The molecule has 0 radical (unpaired) electrons. The van der Waals surface area contributed by atoms with Crippen LogP contribution < -0.4 is 5.73 Å². The van der Waals surface area contributed by atoms with E-state index in [9.17, 15) is 0 Å². The molecule has 1 unspecified atom stereocenters. The Labute approximate surface area is 120 Å². The third kappa shape index (κ3) is 3.10. The molecule has 0 aliphatic rings. The van der Waals surface area contributed by atoms with E-state index in [2.05, 4.69) is 20.9 Å². The highest BCUT2D eigenvalue weighted by molar-refractivity contribution is 9.10. The molecule has 0 saturated heterocycles. The summed E-state index contributed by atoms with van der Waals surface area (Å²) >= 11 is 9.38. The van der Waals surface area contributed by atoms with E-state index < -0.39 is 0 Å². The highest BCUT2D eigenvalue weighted by Crippen LogP contribution is 2.26. The van der Waals surface area contributed by atoms with Gasteiger partial charge in [0.15, 0.2) is 0 Å². The molecule has 1 heterocycles. The molecule has 0 aliphatic carbocycles. The highest BCUT2D eigenvalue weighted by atomic mass is 79.9. The number of rotatable bonds is 3. The quantitative estimate of drug-likeness (QED) is 0.924. The van der Waals surface area contributed by atoms with Crippen molar-refractivity contribution in [2.24, 2.45) is 5.73 Å². The third-order valence-corrected chi connectivity index (χ3v) is 4.12. The minimum Gasteiger partial charge on any atom is -0.324 e. The minimum atomic E-state index is -0.0767. The van der Waals surface area contributed by atoms with Gasteiger partial charge < -0.3 is 5.73 Å². The van der Waals surface area contributed by atoms with Crippen LogP contribution in [0.1, 0.15) is 22.9 Å². The zero-order chi connectivity index (χ0) is 13.1. The number of halogens is 2. The van der Waals surface area contributed by atoms with E-state index >= 15 is 0 Å². The minimum absolute atomic E-state index is 0.0767. The number of pyridine rings is 1. The van der Waals surface area contributed by atoms with Crippen molar-refractivity contribution >= 4 is 27.5 Å². The van der Waals surface area contributed by atoms with Gasteiger partial charge >= 0.3 is 0 Å². The summed E-state index contributed by atoms with van der Waals surface area (Å²) in [4.78, 5) is 4.37. The molecular formula is C14H14BrClN2. The average Bonchev–Trinajstić information content (AvgIpc) is 2.35. The summed E-state index contributed by atoms with van der Waals surface area (Å²) in [5.41, 5.74) is 9.47. The van der Waals surface area contributed by atoms with Gasteiger partial charge in [0.2, 0.25) is 0 Å². The van der Waals surface area contributed by atoms with Crippen LogP contribution in [0.25, 0.3) is 0 Å². The summed E-state index contributed by atoms with van der Waals surface area (Å²) in [6.45, 7) is 2.05. The molecule has 1 atom stereocenters. The molecular weight excluding hydrogens is 312 g/mol. The average molecular weight is 326 g/mol. The first-order chi connectivity index (χ1) is 8.58. The summed E-state index contributed by atoms with van der Waals surface area (Å²) < 4.78 is 0.870. The molecule has 2 rings (SSSR count). The van der Waals surface area contributed by atoms with Crippen LogP contribution in [0.4, 0.5) is 0 Å². The number of benzene rings is 1. The predicted octanol–water partition coefficient (Wildman–Crippen LogP) is 4.05. The van der Waals surface area contributed by atoms with Crippen molar-refractivity contribution in [3.63, 3.8) is 0 Å². The van der Waals surface area contributed by atoms with Crippen LogP contribution in [0.5, 0.6) is 0 Å². The lowest BCUT2D eigenvalue weighted by molar-refractivity contribution is 0.702. The SMILES string of the molecule is Cc1cccnc1CC(N)c1ccc(Cl)c(Br)c1. The summed E-state index contributed by atoms with van der Waals surface area (Å²) in [5, 5.41) is 0.694. The lowest BCUT2D eigenvalue weighted by Gasteiger charge is -2.13. The molecule has 1 aromatic carbocycles. The third-order valence-electron chi connectivity index (χ3n) is 2.90. The largest absolute Gasteiger partial charge is 0.324 e. The first kappa shape index (κ1) is 13.5. The van der Waals surface area contributed by atoms with Gasteiger partial charge in [0.05, 0.1) is 5.02 Å². The maximum Gasteiger partial charge on any atom is 0.0548 e. The first-order valence-electron chi connectivity index (χ1n) is 5.69. The number of aryl methyl sites for hydroxylation is 1. The van der Waals surface area contributed by atoms with Crippen molar-refractivity contribution in [1.82, 2.24) is 4.98 Å². The number of nitrogens with two attached hydrogens (primary N) is 1. The molecule has 0 bridgehead atoms. The second-order valence-electron chi connectivity index (χ2n) is 4.25. The molecule has 2 aromatic rings. The van der Waals surface area contributed by atoms with E-state index in [4.69, 9.17) is 17.3 Å². The standard InChI is InChI=1S/C14H14BrClN2/c1-9-3-2-6-18-14(9)8-13(17)10-4-5-12(16)11(15)7-10/h2-7,13H,8,17H2,1H3. The van der Waals surface area contributed by atoms with Crippen LogP contribution in [0.2, 0.25) is 5.02 Å². The Morgan fingerprint density at radius 3 is 2.83 bits per heavy atom. The zero-order valence-electron chi connectivity index (χ0n) is 10.0. The molecule has 0 saturated carbocycles. The molecule has 1 aromatic heterocycles. The maximum atomic E-state index is 6.21. The van der Waals surface area contributed by atoms with E-state index in [0.29, 0.717) is 5.02 Å². The van der Waals surface area contributed by atoms with Gasteiger partial charge in [-0.3, -0.25) is 4.98 Å². The molecule has 18 heavy (non-hydrogen) atoms. The van der Waals surface area contributed by atoms with Crippen molar-refractivity contribution in [1.29, 1.82) is 0 Å². The van der Waals surface area contributed by atoms with Crippen LogP contribution in [0.15, 0.2) is 41.0 Å². The van der Waals surface area contributed by atoms with Gasteiger partial charge in [-0.05, 0) is 52.2 Å². The van der Waals surface area contributed by atoms with E-state index in [0.717, 1.165) is 22.2 Å². The Balaban J connectivity index is 2.19. The zero-order valence-corrected chi connectivity index (χ0v) is 12.4. The topological polar surface area (TPSA) is 38.9 Å². The van der Waals surface area contributed by atoms with Gasteiger partial charge in [-0.15, -0.1) is 0 Å². The molecule has 94 valence electrons. The normalized spacial score (nSPS) is 12.4. The maximum absolute atomic E-state index is 6.21. The molecule has 2 nitrogen and oxygen atoms in total. The fourth-order valence-electron chi connectivity index (χ4n) is 1.80. The summed E-state index contributed by atoms with van der Waals surface area (Å²) in [5.74, 6) is 0. The lowest BCUT2D eigenvalue weighted by atomic mass is 10.0. The number of hydrogen-bond acceptors (Lipinski definition) is 2. The molecule has 4 heteroatoms. The molecule has 0 fully saturated rings.